The Kier molecular flexibility index (Phi) is 8.13. The van der Waals surface area contributed by atoms with E-state index in [1.54, 1.807) is 0 Å². The number of aromatic amines is 1. The summed E-state index contributed by atoms with van der Waals surface area (Å²) in [7, 11) is 0. The van der Waals surface area contributed by atoms with E-state index in [9.17, 15) is 0 Å². The number of para-hydroxylation sites is 1. The molecule has 0 fully saturated rings. The van der Waals surface area contributed by atoms with Gasteiger partial charge < -0.3 is 4.98 Å². The van der Waals surface area contributed by atoms with E-state index >= 15 is 0 Å². The van der Waals surface area contributed by atoms with Crippen molar-refractivity contribution in [3.05, 3.63) is 212 Å². The second-order valence-corrected chi connectivity index (χ2v) is 15.7. The first-order chi connectivity index (χ1) is 30.2. The van der Waals surface area contributed by atoms with E-state index in [4.69, 9.17) is 15.0 Å². The zero-order valence-corrected chi connectivity index (χ0v) is 33.0. The van der Waals surface area contributed by atoms with Crippen molar-refractivity contribution in [1.82, 2.24) is 19.9 Å². The highest BCUT2D eigenvalue weighted by Crippen LogP contribution is 2.38. The van der Waals surface area contributed by atoms with Crippen LogP contribution >= 0.6 is 0 Å². The average Bonchev–Trinajstić information content (AvgIpc) is 3.72. The average molecular weight is 777 g/mol. The second kappa shape index (κ2) is 14.3. The SMILES string of the molecule is c1ccc(-c2nc(-c3ccc(-c4ccc(-c5cccc(-c6ccc7c8ccccc8c8ccccc8c7c6)c5)cc4)cc3)nc(-c3ccc4c(c3)[nH]c3ccccc34)n2)cc1. The molecule has 12 aromatic rings. The first kappa shape index (κ1) is 34.8. The lowest BCUT2D eigenvalue weighted by Crippen LogP contribution is -2.00. The summed E-state index contributed by atoms with van der Waals surface area (Å²) in [6.45, 7) is 0. The van der Waals surface area contributed by atoms with E-state index in [2.05, 4.69) is 187 Å². The number of hydrogen-bond acceptors (Lipinski definition) is 3. The number of hydrogen-bond donors (Lipinski definition) is 1. The third-order valence-corrected chi connectivity index (χ3v) is 12.1. The molecule has 0 aliphatic heterocycles. The monoisotopic (exact) mass is 776 g/mol. The lowest BCUT2D eigenvalue weighted by Gasteiger charge is -2.13. The smallest absolute Gasteiger partial charge is 0.164 e. The fourth-order valence-electron chi connectivity index (χ4n) is 8.98. The van der Waals surface area contributed by atoms with Crippen molar-refractivity contribution in [2.24, 2.45) is 0 Å². The Balaban J connectivity index is 0.847. The molecule has 0 atom stereocenters. The normalized spacial score (nSPS) is 11.6. The number of H-pyrrole nitrogens is 1. The summed E-state index contributed by atoms with van der Waals surface area (Å²) < 4.78 is 0. The zero-order chi connectivity index (χ0) is 40.3. The number of nitrogens with zero attached hydrogens (tertiary/aromatic N) is 3. The largest absolute Gasteiger partial charge is 0.354 e. The van der Waals surface area contributed by atoms with Gasteiger partial charge in [-0.05, 0) is 90.0 Å². The molecule has 10 aromatic carbocycles. The topological polar surface area (TPSA) is 54.5 Å². The lowest BCUT2D eigenvalue weighted by atomic mass is 9.91. The molecule has 0 aliphatic carbocycles. The minimum absolute atomic E-state index is 0.635. The standard InChI is InChI=1S/C57H36N4/c1-2-11-39(12-3-1)55-59-56(61-57(60-55)44-30-32-51-50-19-8-9-20-53(50)58-54(51)35-44)40-27-25-37(26-28-40)36-21-23-38(24-22-36)41-13-10-14-42(33-41)43-29-31-49-47-17-5-4-15-45(47)46-16-6-7-18-48(46)52(49)34-43/h1-35,58H. The summed E-state index contributed by atoms with van der Waals surface area (Å²) in [6, 6.07) is 75.6. The van der Waals surface area contributed by atoms with E-state index in [0.717, 1.165) is 38.9 Å². The maximum absolute atomic E-state index is 5.04. The number of benzene rings is 10. The van der Waals surface area contributed by atoms with Gasteiger partial charge in [-0.15, -0.1) is 0 Å². The van der Waals surface area contributed by atoms with Gasteiger partial charge >= 0.3 is 0 Å². The van der Waals surface area contributed by atoms with Crippen molar-refractivity contribution >= 4 is 54.1 Å². The first-order valence-corrected chi connectivity index (χ1v) is 20.7. The van der Waals surface area contributed by atoms with Crippen molar-refractivity contribution in [3.8, 4) is 67.5 Å². The highest BCUT2D eigenvalue weighted by Gasteiger charge is 2.15. The van der Waals surface area contributed by atoms with E-state index < -0.39 is 0 Å². The van der Waals surface area contributed by atoms with Gasteiger partial charge in [-0.25, -0.2) is 15.0 Å². The molecule has 0 bridgehead atoms. The molecule has 284 valence electrons. The van der Waals surface area contributed by atoms with Crippen LogP contribution in [0.1, 0.15) is 0 Å². The molecule has 1 N–H and O–H groups in total. The molecule has 0 spiro atoms. The maximum Gasteiger partial charge on any atom is 0.164 e. The number of rotatable bonds is 6. The summed E-state index contributed by atoms with van der Waals surface area (Å²) in [4.78, 5) is 18.6. The van der Waals surface area contributed by atoms with Crippen molar-refractivity contribution in [2.75, 3.05) is 0 Å². The molecule has 2 aromatic heterocycles. The van der Waals surface area contributed by atoms with Crippen molar-refractivity contribution in [3.63, 3.8) is 0 Å². The lowest BCUT2D eigenvalue weighted by molar-refractivity contribution is 1.07. The number of nitrogens with one attached hydrogen (secondary N) is 1. The van der Waals surface area contributed by atoms with E-state index in [-0.39, 0.29) is 0 Å². The fourth-order valence-corrected chi connectivity index (χ4v) is 8.98. The second-order valence-electron chi connectivity index (χ2n) is 15.7. The Morgan fingerprint density at radius 1 is 0.213 bits per heavy atom. The summed E-state index contributed by atoms with van der Waals surface area (Å²) in [6.07, 6.45) is 0. The Bertz CT molecular complexity index is 3590. The van der Waals surface area contributed by atoms with Crippen molar-refractivity contribution < 1.29 is 0 Å². The Morgan fingerprint density at radius 3 is 1.23 bits per heavy atom. The third-order valence-electron chi connectivity index (χ3n) is 12.1. The van der Waals surface area contributed by atoms with Crippen LogP contribution < -0.4 is 0 Å². The molecule has 0 radical (unpaired) electrons. The van der Waals surface area contributed by atoms with Gasteiger partial charge in [0.05, 0.1) is 0 Å². The van der Waals surface area contributed by atoms with Gasteiger partial charge in [-0.2, -0.15) is 0 Å². The van der Waals surface area contributed by atoms with Crippen LogP contribution in [-0.2, 0) is 0 Å². The molecule has 12 rings (SSSR count). The summed E-state index contributed by atoms with van der Waals surface area (Å²) >= 11 is 0. The zero-order valence-electron chi connectivity index (χ0n) is 33.0. The number of aromatic nitrogens is 4. The predicted molar refractivity (Wildman–Crippen MR) is 254 cm³/mol. The third kappa shape index (κ3) is 6.12. The van der Waals surface area contributed by atoms with Crippen LogP contribution in [0.3, 0.4) is 0 Å². The van der Waals surface area contributed by atoms with Crippen LogP contribution in [0.25, 0.3) is 122 Å². The van der Waals surface area contributed by atoms with Crippen molar-refractivity contribution in [2.45, 2.75) is 0 Å². The molecule has 4 heteroatoms. The minimum Gasteiger partial charge on any atom is -0.354 e. The highest BCUT2D eigenvalue weighted by molar-refractivity contribution is 6.25. The molecule has 0 aliphatic rings. The van der Waals surface area contributed by atoms with Crippen LogP contribution in [0.5, 0.6) is 0 Å². The summed E-state index contributed by atoms with van der Waals surface area (Å²) in [5.74, 6) is 1.91. The molecular formula is C57H36N4. The van der Waals surface area contributed by atoms with Crippen LogP contribution in [0.15, 0.2) is 212 Å². The molecule has 0 amide bonds. The van der Waals surface area contributed by atoms with Gasteiger partial charge in [0, 0.05) is 38.5 Å². The van der Waals surface area contributed by atoms with Gasteiger partial charge in [0.2, 0.25) is 0 Å². The van der Waals surface area contributed by atoms with E-state index in [1.807, 2.05) is 30.3 Å². The van der Waals surface area contributed by atoms with Crippen LogP contribution in [0.4, 0.5) is 0 Å². The summed E-state index contributed by atoms with van der Waals surface area (Å²) in [5.41, 5.74) is 12.0. The Morgan fingerprint density at radius 2 is 0.590 bits per heavy atom. The van der Waals surface area contributed by atoms with Crippen LogP contribution in [0, 0.1) is 0 Å². The predicted octanol–water partition coefficient (Wildman–Crippen LogP) is 15.0. The molecule has 0 unspecified atom stereocenters. The molecule has 4 nitrogen and oxygen atoms in total. The molecule has 2 heterocycles. The highest BCUT2D eigenvalue weighted by atomic mass is 15.0. The number of fused-ring (bicyclic) bond motifs is 9. The van der Waals surface area contributed by atoms with Gasteiger partial charge in [-0.1, -0.05) is 188 Å². The van der Waals surface area contributed by atoms with Crippen LogP contribution in [-0.4, -0.2) is 19.9 Å². The summed E-state index contributed by atoms with van der Waals surface area (Å²) in [5, 5.41) is 10.1. The van der Waals surface area contributed by atoms with Crippen molar-refractivity contribution in [1.29, 1.82) is 0 Å². The Labute approximate surface area is 352 Å². The molecule has 0 saturated heterocycles. The minimum atomic E-state index is 0.635. The molecular weight excluding hydrogens is 741 g/mol. The van der Waals surface area contributed by atoms with Gasteiger partial charge in [-0.3, -0.25) is 0 Å². The van der Waals surface area contributed by atoms with Crippen LogP contribution in [0.2, 0.25) is 0 Å². The van der Waals surface area contributed by atoms with Gasteiger partial charge in [0.1, 0.15) is 0 Å². The molecule has 61 heavy (non-hydrogen) atoms. The van der Waals surface area contributed by atoms with Gasteiger partial charge in [0.15, 0.2) is 17.5 Å². The van der Waals surface area contributed by atoms with Gasteiger partial charge in [0.25, 0.3) is 0 Å². The first-order valence-electron chi connectivity index (χ1n) is 20.7. The van der Waals surface area contributed by atoms with E-state index in [1.165, 1.54) is 65.3 Å². The Hall–Kier alpha value is -8.21. The van der Waals surface area contributed by atoms with E-state index in [0.29, 0.717) is 17.5 Å². The molecule has 0 saturated carbocycles. The quantitative estimate of drug-likeness (QED) is 0.171. The fraction of sp³-hybridized carbons (Fsp3) is 0. The maximum atomic E-state index is 5.04.